The van der Waals surface area contributed by atoms with Crippen LogP contribution in [0.25, 0.3) is 0 Å². The number of likely N-dealkylation sites (tertiary alicyclic amines) is 1. The molecule has 2 aromatic carbocycles. The van der Waals surface area contributed by atoms with Crippen molar-refractivity contribution in [3.05, 3.63) is 77.7 Å². The Labute approximate surface area is 229 Å². The molecular formula is C31H36N4O4. The molecule has 1 aromatic heterocycles. The number of piperazine rings is 1. The summed E-state index contributed by atoms with van der Waals surface area (Å²) in [6.45, 7) is 8.42. The summed E-state index contributed by atoms with van der Waals surface area (Å²) in [5.74, 6) is 0.275. The van der Waals surface area contributed by atoms with Gasteiger partial charge < -0.3 is 24.4 Å². The summed E-state index contributed by atoms with van der Waals surface area (Å²) < 4.78 is 5.30. The molecule has 3 aromatic rings. The fourth-order valence-corrected chi connectivity index (χ4v) is 5.62. The van der Waals surface area contributed by atoms with E-state index in [1.807, 2.05) is 17.0 Å². The molecule has 0 unspecified atom stereocenters. The fraction of sp³-hybridized carbons (Fsp3) is 0.387. The van der Waals surface area contributed by atoms with Crippen LogP contribution in [-0.2, 0) is 4.79 Å². The second kappa shape index (κ2) is 11.8. The minimum atomic E-state index is -0.346. The van der Waals surface area contributed by atoms with E-state index in [9.17, 15) is 14.4 Å². The van der Waals surface area contributed by atoms with Crippen molar-refractivity contribution in [1.29, 1.82) is 0 Å². The van der Waals surface area contributed by atoms with Gasteiger partial charge in [0.15, 0.2) is 11.5 Å². The number of hydrogen-bond acceptors (Lipinski definition) is 6. The van der Waals surface area contributed by atoms with Gasteiger partial charge in [-0.3, -0.25) is 14.4 Å². The Hall–Kier alpha value is -4.07. The number of piperidine rings is 1. The fourth-order valence-electron chi connectivity index (χ4n) is 5.62. The van der Waals surface area contributed by atoms with Crippen molar-refractivity contribution < 1.29 is 18.8 Å². The maximum Gasteiger partial charge on any atom is 0.291 e. The predicted molar refractivity (Wildman–Crippen MR) is 153 cm³/mol. The summed E-state index contributed by atoms with van der Waals surface area (Å²) in [5.41, 5.74) is 4.59. The summed E-state index contributed by atoms with van der Waals surface area (Å²) in [5, 5.41) is 3.00. The van der Waals surface area contributed by atoms with Crippen molar-refractivity contribution in [2.24, 2.45) is 5.92 Å². The van der Waals surface area contributed by atoms with E-state index in [4.69, 9.17) is 4.42 Å². The van der Waals surface area contributed by atoms with Gasteiger partial charge in [-0.1, -0.05) is 18.2 Å². The molecule has 2 fully saturated rings. The van der Waals surface area contributed by atoms with Crippen LogP contribution in [0.4, 0.5) is 17.1 Å². The summed E-state index contributed by atoms with van der Waals surface area (Å²) in [7, 11) is 0. The molecule has 0 spiro atoms. The highest BCUT2D eigenvalue weighted by atomic mass is 16.3. The Balaban J connectivity index is 1.32. The normalized spacial score (nSPS) is 16.3. The van der Waals surface area contributed by atoms with Gasteiger partial charge in [0.05, 0.1) is 17.6 Å². The summed E-state index contributed by atoms with van der Waals surface area (Å²) >= 11 is 0. The molecule has 204 valence electrons. The van der Waals surface area contributed by atoms with Crippen molar-refractivity contribution in [1.82, 2.24) is 4.90 Å². The molecule has 39 heavy (non-hydrogen) atoms. The van der Waals surface area contributed by atoms with E-state index in [0.29, 0.717) is 30.8 Å². The Morgan fingerprint density at radius 2 is 1.56 bits per heavy atom. The molecule has 1 N–H and O–H groups in total. The number of Topliss-reactive ketones (excluding diaryl/α,β-unsaturated/α-hetero) is 1. The van der Waals surface area contributed by atoms with Gasteiger partial charge in [-0.25, -0.2) is 0 Å². The van der Waals surface area contributed by atoms with E-state index in [-0.39, 0.29) is 29.3 Å². The third-order valence-electron chi connectivity index (χ3n) is 7.92. The molecule has 0 bridgehead atoms. The maximum absolute atomic E-state index is 13.3. The zero-order valence-electron chi connectivity index (χ0n) is 22.7. The molecule has 0 saturated carbocycles. The van der Waals surface area contributed by atoms with Crippen LogP contribution in [0.15, 0.2) is 65.3 Å². The first kappa shape index (κ1) is 26.5. The molecular weight excluding hydrogens is 492 g/mol. The van der Waals surface area contributed by atoms with E-state index >= 15 is 0 Å². The number of benzene rings is 2. The number of furan rings is 1. The van der Waals surface area contributed by atoms with Crippen LogP contribution >= 0.6 is 0 Å². The lowest BCUT2D eigenvalue weighted by Gasteiger charge is -2.38. The number of carbonyl (C=O) groups is 3. The Morgan fingerprint density at radius 3 is 2.21 bits per heavy atom. The topological polar surface area (TPSA) is 86.1 Å². The number of carbonyl (C=O) groups excluding carboxylic acids is 3. The lowest BCUT2D eigenvalue weighted by atomic mass is 9.89. The van der Waals surface area contributed by atoms with Crippen molar-refractivity contribution in [3.8, 4) is 0 Å². The van der Waals surface area contributed by atoms with Crippen molar-refractivity contribution in [2.75, 3.05) is 54.4 Å². The number of anilines is 3. The number of hydrogen-bond donors (Lipinski definition) is 1. The van der Waals surface area contributed by atoms with Crippen LogP contribution in [0.5, 0.6) is 0 Å². The number of nitrogens with one attached hydrogen (secondary N) is 1. The van der Waals surface area contributed by atoms with Gasteiger partial charge in [-0.15, -0.1) is 0 Å². The SMILES string of the molecule is CC(=O)N1CCC(CC(=O)c2ccc(N3CCN(c4ccccc4C)CC3)c(NC(=O)c3ccco3)c2)CC1. The van der Waals surface area contributed by atoms with Crippen LogP contribution < -0.4 is 15.1 Å². The van der Waals surface area contributed by atoms with Crippen molar-refractivity contribution in [2.45, 2.75) is 33.1 Å². The number of nitrogens with zero attached hydrogens (tertiary/aromatic N) is 3. The largest absolute Gasteiger partial charge is 0.459 e. The Kier molecular flexibility index (Phi) is 8.00. The summed E-state index contributed by atoms with van der Waals surface area (Å²) in [4.78, 5) is 44.3. The number of para-hydroxylation sites is 1. The lowest BCUT2D eigenvalue weighted by molar-refractivity contribution is -0.130. The second-order valence-electron chi connectivity index (χ2n) is 10.5. The third-order valence-corrected chi connectivity index (χ3v) is 7.92. The van der Waals surface area contributed by atoms with Crippen LogP contribution in [0.1, 0.15) is 52.7 Å². The zero-order valence-corrected chi connectivity index (χ0v) is 22.7. The van der Waals surface area contributed by atoms with Crippen molar-refractivity contribution >= 4 is 34.7 Å². The minimum absolute atomic E-state index is 0.0562. The number of rotatable bonds is 7. The predicted octanol–water partition coefficient (Wildman–Crippen LogP) is 5.00. The molecule has 2 saturated heterocycles. The van der Waals surface area contributed by atoms with E-state index in [0.717, 1.165) is 44.7 Å². The van der Waals surface area contributed by atoms with Gasteiger partial charge in [-0.2, -0.15) is 0 Å². The van der Waals surface area contributed by atoms with Gasteiger partial charge in [0.25, 0.3) is 5.91 Å². The molecule has 5 rings (SSSR count). The molecule has 8 heteroatoms. The first-order valence-corrected chi connectivity index (χ1v) is 13.7. The molecule has 3 heterocycles. The van der Waals surface area contributed by atoms with E-state index in [2.05, 4.69) is 46.3 Å². The van der Waals surface area contributed by atoms with Crippen LogP contribution in [0.2, 0.25) is 0 Å². The van der Waals surface area contributed by atoms with Gasteiger partial charge in [-0.05, 0) is 67.6 Å². The molecule has 0 aliphatic carbocycles. The molecule has 2 amide bonds. The highest BCUT2D eigenvalue weighted by Gasteiger charge is 2.25. The Morgan fingerprint density at radius 1 is 0.872 bits per heavy atom. The van der Waals surface area contributed by atoms with Gasteiger partial charge in [0.2, 0.25) is 5.91 Å². The van der Waals surface area contributed by atoms with Gasteiger partial charge in [0, 0.05) is 63.9 Å². The summed E-state index contributed by atoms with van der Waals surface area (Å²) in [6.07, 6.45) is 3.57. The minimum Gasteiger partial charge on any atom is -0.459 e. The monoisotopic (exact) mass is 528 g/mol. The number of ketones is 1. The van der Waals surface area contributed by atoms with Crippen LogP contribution in [0, 0.1) is 12.8 Å². The van der Waals surface area contributed by atoms with Gasteiger partial charge in [0.1, 0.15) is 0 Å². The number of aryl methyl sites for hydroxylation is 1. The van der Waals surface area contributed by atoms with Crippen molar-refractivity contribution in [3.63, 3.8) is 0 Å². The molecule has 2 aliphatic heterocycles. The second-order valence-corrected chi connectivity index (χ2v) is 10.5. The highest BCUT2D eigenvalue weighted by Crippen LogP contribution is 2.32. The van der Waals surface area contributed by atoms with E-state index in [1.165, 1.54) is 17.5 Å². The average molecular weight is 529 g/mol. The lowest BCUT2D eigenvalue weighted by Crippen LogP contribution is -2.47. The zero-order chi connectivity index (χ0) is 27.4. The van der Waals surface area contributed by atoms with Gasteiger partial charge >= 0.3 is 0 Å². The Bertz CT molecular complexity index is 1320. The van der Waals surface area contributed by atoms with E-state index in [1.54, 1.807) is 25.1 Å². The quantitative estimate of drug-likeness (QED) is 0.435. The highest BCUT2D eigenvalue weighted by molar-refractivity contribution is 6.06. The number of amides is 2. The summed E-state index contributed by atoms with van der Waals surface area (Å²) in [6, 6.07) is 17.3. The molecule has 0 radical (unpaired) electrons. The van der Waals surface area contributed by atoms with Crippen LogP contribution in [0.3, 0.4) is 0 Å². The first-order valence-electron chi connectivity index (χ1n) is 13.7. The van der Waals surface area contributed by atoms with E-state index < -0.39 is 0 Å². The molecule has 0 atom stereocenters. The molecule has 8 nitrogen and oxygen atoms in total. The molecule has 2 aliphatic rings. The third kappa shape index (κ3) is 6.16. The smallest absolute Gasteiger partial charge is 0.291 e. The van der Waals surface area contributed by atoms with Crippen LogP contribution in [-0.4, -0.2) is 61.8 Å². The average Bonchev–Trinajstić information content (AvgIpc) is 3.49. The maximum atomic E-state index is 13.3. The first-order chi connectivity index (χ1) is 18.9. The standard InChI is InChI=1S/C31H36N4O4/c1-22-6-3-4-7-27(22)34-15-17-35(18-16-34)28-10-9-25(21-26(28)32-31(38)30-8-5-19-39-30)29(37)20-24-11-13-33(14-12-24)23(2)36/h3-10,19,21,24H,11-18,20H2,1-2H3,(H,32,38).